The van der Waals surface area contributed by atoms with Gasteiger partial charge in [-0.15, -0.1) is 0 Å². The van der Waals surface area contributed by atoms with Crippen LogP contribution in [0.4, 0.5) is 10.5 Å². The minimum atomic E-state index is -2.44. The first-order valence-electron chi connectivity index (χ1n) is 27.7. The normalized spacial score (nSPS) is 36.3. The molecule has 3 fully saturated rings. The maximum atomic E-state index is 14.7. The number of esters is 1. The van der Waals surface area contributed by atoms with Gasteiger partial charge in [0.2, 0.25) is 5.79 Å². The van der Waals surface area contributed by atoms with E-state index in [9.17, 15) is 39.2 Å². The predicted octanol–water partition coefficient (Wildman–Crippen LogP) is 8.72. The molecule has 1 aliphatic carbocycles. The van der Waals surface area contributed by atoms with E-state index in [0.29, 0.717) is 64.2 Å². The van der Waals surface area contributed by atoms with Gasteiger partial charge < -0.3 is 53.6 Å². The Kier molecular flexibility index (Phi) is 24.4. The lowest BCUT2D eigenvalue weighted by molar-refractivity contribution is -0.384. The molecule has 19 nitrogen and oxygen atoms in total. The van der Waals surface area contributed by atoms with Crippen molar-refractivity contribution in [1.29, 1.82) is 0 Å². The number of rotatable bonds is 10. The number of nitrogens with zero attached hydrogens (tertiary/aromatic N) is 2. The number of piperidine rings is 1. The van der Waals surface area contributed by atoms with E-state index in [0.717, 1.165) is 11.1 Å². The van der Waals surface area contributed by atoms with Crippen LogP contribution in [0.1, 0.15) is 126 Å². The van der Waals surface area contributed by atoms with E-state index in [1.807, 2.05) is 78.0 Å². The van der Waals surface area contributed by atoms with Crippen molar-refractivity contribution >= 4 is 35.3 Å². The first kappa shape index (κ1) is 63.7. The molecule has 3 heterocycles. The van der Waals surface area contributed by atoms with Gasteiger partial charge >= 0.3 is 12.1 Å². The first-order chi connectivity index (χ1) is 37.0. The number of nitro benzene ring substituents is 1. The third kappa shape index (κ3) is 16.9. The van der Waals surface area contributed by atoms with Gasteiger partial charge in [-0.1, -0.05) is 71.1 Å². The molecular formula is C59H87N3O16. The molecule has 0 aromatic heterocycles. The quantitative estimate of drug-likeness (QED) is 0.0555. The Morgan fingerprint density at radius 1 is 0.846 bits per heavy atom. The van der Waals surface area contributed by atoms with E-state index >= 15 is 0 Å². The molecule has 2 saturated heterocycles. The van der Waals surface area contributed by atoms with Crippen molar-refractivity contribution in [2.24, 2.45) is 41.2 Å². The van der Waals surface area contributed by atoms with Crippen molar-refractivity contribution < 1.29 is 71.9 Å². The zero-order chi connectivity index (χ0) is 57.4. The maximum absolute atomic E-state index is 14.7. The van der Waals surface area contributed by atoms with Crippen LogP contribution in [0.15, 0.2) is 71.9 Å². The number of ketones is 2. The summed E-state index contributed by atoms with van der Waals surface area (Å²) >= 11 is 0. The first-order valence-corrected chi connectivity index (χ1v) is 27.7. The highest BCUT2D eigenvalue weighted by Gasteiger charge is 2.53. The van der Waals surface area contributed by atoms with Gasteiger partial charge in [0.1, 0.15) is 36.2 Å². The molecule has 1 saturated carbocycles. The Labute approximate surface area is 460 Å². The number of cyclic esters (lactones) is 1. The number of Topliss-reactive ketones (excluding diaryl/α,β-unsaturated/α-hetero) is 2. The fourth-order valence-electron chi connectivity index (χ4n) is 11.6. The number of aliphatic hydroxyl groups is 1. The van der Waals surface area contributed by atoms with Crippen molar-refractivity contribution in [3.63, 3.8) is 0 Å². The zero-order valence-corrected chi connectivity index (χ0v) is 47.7. The maximum Gasteiger partial charge on any atom is 0.514 e. The standard InChI is InChI=1S/C59H87N3O16/c1-35-17-13-12-14-18-36(2)49(71-8)33-45-24-20-41(7)59(68,78-45)55(64)56(65)61-28-16-15-19-47(61)57(66)76-50(34-46(60)37(3)30-40(6)53(73-10)54(74-11)52(63)39(5)29-35)38(4)31-42-21-27-48(51(32-42)72-9)77-58(67)75-44-25-22-43(23-26-44)62(69)70/h12-14,17-18,22-23,25-26,30,35,37-39,41-42,45-51,53-54,68H,15-16,19-21,24,27-29,31-34,60H2,1-11H3/b14-12+,17-13+,36-18+,40-30+/t35-,37-,38-,39-,41-,42+,45+,46+,47+,48-,49+,50+,51-,53-,54+,59-/m1/s1. The van der Waals surface area contributed by atoms with Crippen LogP contribution >= 0.6 is 0 Å². The van der Waals surface area contributed by atoms with Crippen molar-refractivity contribution in [2.45, 2.75) is 186 Å². The van der Waals surface area contributed by atoms with Crippen LogP contribution in [0.25, 0.3) is 0 Å². The molecule has 3 N–H and O–H groups in total. The molecule has 1 amide bonds. The third-order valence-electron chi connectivity index (χ3n) is 16.5. The molecule has 2 bridgehead atoms. The number of non-ortho nitro benzene ring substituents is 1. The number of nitro groups is 1. The smallest absolute Gasteiger partial charge is 0.460 e. The van der Waals surface area contributed by atoms with E-state index in [1.54, 1.807) is 14.0 Å². The number of hydrogen-bond acceptors (Lipinski definition) is 17. The monoisotopic (exact) mass is 1090 g/mol. The summed E-state index contributed by atoms with van der Waals surface area (Å²) < 4.78 is 47.3. The van der Waals surface area contributed by atoms with Crippen LogP contribution in [-0.4, -0.2) is 140 Å². The van der Waals surface area contributed by atoms with Crippen LogP contribution in [-0.2, 0) is 52.3 Å². The molecule has 3 aliphatic heterocycles. The number of methoxy groups -OCH3 is 4. The summed E-state index contributed by atoms with van der Waals surface area (Å²) in [5.41, 5.74) is 8.53. The Morgan fingerprint density at radius 2 is 1.55 bits per heavy atom. The van der Waals surface area contributed by atoms with Gasteiger partial charge in [0.25, 0.3) is 17.4 Å². The molecular weight excluding hydrogens is 1010 g/mol. The SMILES string of the molecule is CO[C@H]1C[C@@H]2CC[C@@H](C)[C@@](O)(O2)C(=O)C(=O)N2CCCC[C@H]2C(=O)O[C@H]([C@H](C)C[C@@H]2CC[C@@H](OC(=O)Oc3ccc([N+](=O)[O-])cc3)[C@H](OC)C2)C[C@H](N)[C@H](C)/C=C(\C)[C@@H](OC)[C@@H](OC)C(=O)[C@H](C)C[C@H](C)/C=C/C=C/C=C/1C. The van der Waals surface area contributed by atoms with Gasteiger partial charge in [-0.25, -0.2) is 9.59 Å². The van der Waals surface area contributed by atoms with Gasteiger partial charge in [-0.05, 0) is 125 Å². The van der Waals surface area contributed by atoms with Gasteiger partial charge in [-0.2, -0.15) is 0 Å². The van der Waals surface area contributed by atoms with E-state index in [4.69, 9.17) is 43.6 Å². The minimum absolute atomic E-state index is 0.0235. The Morgan fingerprint density at radius 3 is 2.21 bits per heavy atom. The van der Waals surface area contributed by atoms with Crippen LogP contribution < -0.4 is 10.5 Å². The Balaban J connectivity index is 1.43. The van der Waals surface area contributed by atoms with Crippen LogP contribution in [0, 0.1) is 45.6 Å². The molecule has 16 atom stereocenters. The lowest BCUT2D eigenvalue weighted by atomic mass is 9.78. The number of carbonyl (C=O) groups is 5. The second-order valence-corrected chi connectivity index (χ2v) is 22.3. The fraction of sp³-hybridized carbons (Fsp3) is 0.678. The average molecular weight is 1090 g/mol. The molecule has 78 heavy (non-hydrogen) atoms. The molecule has 0 spiro atoms. The number of fused-ring (bicyclic) bond motifs is 3. The third-order valence-corrected chi connectivity index (χ3v) is 16.5. The van der Waals surface area contributed by atoms with Gasteiger partial charge in [-0.3, -0.25) is 24.5 Å². The zero-order valence-electron chi connectivity index (χ0n) is 47.7. The second-order valence-electron chi connectivity index (χ2n) is 22.3. The highest BCUT2D eigenvalue weighted by atomic mass is 16.7. The second kappa shape index (κ2) is 29.9. The molecule has 0 unspecified atom stereocenters. The molecule has 5 rings (SSSR count). The number of allylic oxidation sites excluding steroid dienone is 5. The minimum Gasteiger partial charge on any atom is -0.460 e. The largest absolute Gasteiger partial charge is 0.514 e. The van der Waals surface area contributed by atoms with Crippen LogP contribution in [0.2, 0.25) is 0 Å². The molecule has 1 aromatic carbocycles. The number of nitrogens with two attached hydrogens (primary N) is 1. The summed E-state index contributed by atoms with van der Waals surface area (Å²) in [7, 11) is 6.15. The lowest BCUT2D eigenvalue weighted by Crippen LogP contribution is -2.61. The van der Waals surface area contributed by atoms with E-state index < -0.39 is 95.3 Å². The Bertz CT molecular complexity index is 2320. The summed E-state index contributed by atoms with van der Waals surface area (Å²) in [6, 6.07) is 3.36. The topological polar surface area (TPSA) is 252 Å². The van der Waals surface area contributed by atoms with Crippen molar-refractivity contribution in [2.75, 3.05) is 35.0 Å². The summed E-state index contributed by atoms with van der Waals surface area (Å²) in [6.45, 7) is 13.4. The summed E-state index contributed by atoms with van der Waals surface area (Å²) in [5.74, 6) is -6.92. The molecule has 1 aromatic rings. The molecule has 434 valence electrons. The number of benzene rings is 1. The van der Waals surface area contributed by atoms with E-state index in [2.05, 4.69) is 0 Å². The number of hydrogen-bond donors (Lipinski definition) is 2. The predicted molar refractivity (Wildman–Crippen MR) is 291 cm³/mol. The van der Waals surface area contributed by atoms with E-state index in [1.165, 1.54) is 50.5 Å². The highest BCUT2D eigenvalue weighted by Crippen LogP contribution is 2.38. The summed E-state index contributed by atoms with van der Waals surface area (Å²) in [4.78, 5) is 82.3. The summed E-state index contributed by atoms with van der Waals surface area (Å²) in [5, 5.41) is 23.2. The number of ether oxygens (including phenoxy) is 8. The number of amides is 1. The van der Waals surface area contributed by atoms with Crippen molar-refractivity contribution in [3.8, 4) is 5.75 Å². The highest BCUT2D eigenvalue weighted by molar-refractivity contribution is 6.39. The fourth-order valence-corrected chi connectivity index (χ4v) is 11.6. The van der Waals surface area contributed by atoms with Gasteiger partial charge in [0, 0.05) is 77.8 Å². The van der Waals surface area contributed by atoms with Crippen LogP contribution in [0.5, 0.6) is 5.75 Å². The summed E-state index contributed by atoms with van der Waals surface area (Å²) in [6.07, 6.45) is 11.5. The van der Waals surface area contributed by atoms with Crippen molar-refractivity contribution in [3.05, 3.63) is 82.0 Å². The molecule has 4 aliphatic rings. The molecule has 0 radical (unpaired) electrons. The molecule has 19 heteroatoms. The number of carbonyl (C=O) groups excluding carboxylic acids is 5. The van der Waals surface area contributed by atoms with Gasteiger partial charge in [0.15, 0.2) is 5.78 Å². The van der Waals surface area contributed by atoms with E-state index in [-0.39, 0.29) is 66.2 Å². The van der Waals surface area contributed by atoms with Gasteiger partial charge in [0.05, 0.1) is 23.2 Å². The Hall–Kier alpha value is -5.15. The van der Waals surface area contributed by atoms with Crippen molar-refractivity contribution in [1.82, 2.24) is 4.90 Å². The van der Waals surface area contributed by atoms with Crippen LogP contribution in [0.3, 0.4) is 0 Å². The lowest BCUT2D eigenvalue weighted by Gasteiger charge is -2.43. The average Bonchev–Trinajstić information content (AvgIpc) is 3.46.